The molecule has 0 unspecified atom stereocenters. The summed E-state index contributed by atoms with van der Waals surface area (Å²) < 4.78 is 25.4. The van der Waals surface area contributed by atoms with Crippen LogP contribution in [0.5, 0.6) is 0 Å². The van der Waals surface area contributed by atoms with Crippen LogP contribution < -0.4 is 0 Å². The molecule has 0 N–H and O–H groups in total. The standard InChI is InChI=1S/C15H12F2N2/c16-15(17)11-5-6-14-10(7-11)3-1-2-4-13(14)12(8-18)9-19/h5-7,15H,1-4H2. The zero-order valence-corrected chi connectivity index (χ0v) is 10.3. The molecule has 0 aromatic heterocycles. The fourth-order valence-corrected chi connectivity index (χ4v) is 2.42. The maximum absolute atomic E-state index is 12.7. The quantitative estimate of drug-likeness (QED) is 0.561. The van der Waals surface area contributed by atoms with Gasteiger partial charge >= 0.3 is 0 Å². The van der Waals surface area contributed by atoms with Gasteiger partial charge in [0, 0.05) is 5.56 Å². The maximum atomic E-state index is 12.7. The van der Waals surface area contributed by atoms with Gasteiger partial charge in [0.15, 0.2) is 0 Å². The molecule has 0 saturated heterocycles. The molecule has 1 aromatic rings. The second-order valence-corrected chi connectivity index (χ2v) is 4.50. The highest BCUT2D eigenvalue weighted by Crippen LogP contribution is 2.34. The van der Waals surface area contributed by atoms with Gasteiger partial charge in [0.2, 0.25) is 0 Å². The average molecular weight is 258 g/mol. The van der Waals surface area contributed by atoms with Crippen molar-refractivity contribution in [1.82, 2.24) is 0 Å². The van der Waals surface area contributed by atoms with Crippen LogP contribution in [0.2, 0.25) is 0 Å². The van der Waals surface area contributed by atoms with Crippen LogP contribution in [0.1, 0.15) is 42.4 Å². The van der Waals surface area contributed by atoms with Crippen molar-refractivity contribution in [3.8, 4) is 12.1 Å². The number of nitrogens with zero attached hydrogens (tertiary/aromatic N) is 2. The summed E-state index contributed by atoms with van der Waals surface area (Å²) in [6.45, 7) is 0. The van der Waals surface area contributed by atoms with Crippen LogP contribution in [0.25, 0.3) is 5.57 Å². The molecule has 19 heavy (non-hydrogen) atoms. The van der Waals surface area contributed by atoms with Gasteiger partial charge in [0.05, 0.1) is 0 Å². The molecule has 0 saturated carbocycles. The molecule has 0 fully saturated rings. The van der Waals surface area contributed by atoms with Crippen molar-refractivity contribution < 1.29 is 8.78 Å². The third-order valence-electron chi connectivity index (χ3n) is 3.35. The first-order chi connectivity index (χ1) is 9.17. The van der Waals surface area contributed by atoms with Crippen molar-refractivity contribution in [2.24, 2.45) is 0 Å². The number of benzene rings is 1. The minimum absolute atomic E-state index is 0.00420. The Bertz CT molecular complexity index is 588. The van der Waals surface area contributed by atoms with E-state index in [1.54, 1.807) is 6.07 Å². The zero-order valence-electron chi connectivity index (χ0n) is 10.3. The zero-order chi connectivity index (χ0) is 13.8. The predicted octanol–water partition coefficient (Wildman–Crippen LogP) is 4.15. The number of rotatable bonds is 1. The van der Waals surface area contributed by atoms with Crippen molar-refractivity contribution in [2.75, 3.05) is 0 Å². The Morgan fingerprint density at radius 1 is 1.11 bits per heavy atom. The SMILES string of the molecule is N#CC(C#N)=C1CCCCc2cc(C(F)F)ccc21. The van der Waals surface area contributed by atoms with Gasteiger partial charge in [-0.25, -0.2) is 8.78 Å². The van der Waals surface area contributed by atoms with Gasteiger partial charge in [-0.3, -0.25) is 0 Å². The fourth-order valence-electron chi connectivity index (χ4n) is 2.42. The monoisotopic (exact) mass is 258 g/mol. The molecule has 0 aliphatic heterocycles. The number of halogens is 2. The third-order valence-corrected chi connectivity index (χ3v) is 3.35. The van der Waals surface area contributed by atoms with E-state index in [4.69, 9.17) is 10.5 Å². The van der Waals surface area contributed by atoms with Gasteiger partial charge in [-0.1, -0.05) is 12.1 Å². The van der Waals surface area contributed by atoms with Crippen LogP contribution in [-0.4, -0.2) is 0 Å². The van der Waals surface area contributed by atoms with E-state index in [9.17, 15) is 8.78 Å². The third kappa shape index (κ3) is 2.63. The molecule has 2 nitrogen and oxygen atoms in total. The second-order valence-electron chi connectivity index (χ2n) is 4.50. The molecule has 0 heterocycles. The van der Waals surface area contributed by atoms with Crippen LogP contribution in [0, 0.1) is 22.7 Å². The van der Waals surface area contributed by atoms with Gasteiger partial charge in [0.1, 0.15) is 17.7 Å². The summed E-state index contributed by atoms with van der Waals surface area (Å²) in [7, 11) is 0. The summed E-state index contributed by atoms with van der Waals surface area (Å²) in [5.74, 6) is 0. The Morgan fingerprint density at radius 2 is 1.79 bits per heavy atom. The Kier molecular flexibility index (Phi) is 3.92. The van der Waals surface area contributed by atoms with E-state index in [2.05, 4.69) is 0 Å². The van der Waals surface area contributed by atoms with E-state index in [1.165, 1.54) is 12.1 Å². The number of aryl methyl sites for hydroxylation is 1. The molecule has 96 valence electrons. The summed E-state index contributed by atoms with van der Waals surface area (Å²) in [5.41, 5.74) is 2.37. The van der Waals surface area contributed by atoms with E-state index in [0.29, 0.717) is 18.4 Å². The van der Waals surface area contributed by atoms with Crippen LogP contribution in [0.15, 0.2) is 23.8 Å². The minimum atomic E-state index is -2.49. The molecule has 0 amide bonds. The number of allylic oxidation sites excluding steroid dienone is 2. The number of nitriles is 2. The van der Waals surface area contributed by atoms with E-state index in [0.717, 1.165) is 24.0 Å². The lowest BCUT2D eigenvalue weighted by Crippen LogP contribution is -1.95. The summed E-state index contributed by atoms with van der Waals surface area (Å²) in [4.78, 5) is 0. The summed E-state index contributed by atoms with van der Waals surface area (Å²) in [6.07, 6.45) is 0.613. The topological polar surface area (TPSA) is 47.6 Å². The molecule has 0 bridgehead atoms. The molecule has 1 aliphatic rings. The first-order valence-corrected chi connectivity index (χ1v) is 6.12. The van der Waals surface area contributed by atoms with Crippen molar-refractivity contribution in [3.63, 3.8) is 0 Å². The second kappa shape index (κ2) is 5.63. The largest absolute Gasteiger partial charge is 0.263 e. The Hall–Kier alpha value is -2.20. The van der Waals surface area contributed by atoms with Crippen molar-refractivity contribution in [1.29, 1.82) is 10.5 Å². The number of alkyl halides is 2. The molecule has 0 spiro atoms. The van der Waals surface area contributed by atoms with Crippen molar-refractivity contribution >= 4 is 5.57 Å². The van der Waals surface area contributed by atoms with Crippen molar-refractivity contribution in [2.45, 2.75) is 32.1 Å². The number of fused-ring (bicyclic) bond motifs is 1. The van der Waals surface area contributed by atoms with E-state index in [-0.39, 0.29) is 11.1 Å². The van der Waals surface area contributed by atoms with Gasteiger partial charge in [-0.05, 0) is 48.4 Å². The predicted molar refractivity (Wildman–Crippen MR) is 67.1 cm³/mol. The van der Waals surface area contributed by atoms with E-state index < -0.39 is 6.43 Å². The van der Waals surface area contributed by atoms with Gasteiger partial charge in [-0.2, -0.15) is 10.5 Å². The summed E-state index contributed by atoms with van der Waals surface area (Å²) >= 11 is 0. The normalized spacial score (nSPS) is 14.3. The molecular weight excluding hydrogens is 246 g/mol. The molecule has 1 aromatic carbocycles. The summed E-state index contributed by atoms with van der Waals surface area (Å²) in [6, 6.07) is 8.29. The summed E-state index contributed by atoms with van der Waals surface area (Å²) in [5, 5.41) is 18.0. The molecule has 4 heteroatoms. The highest BCUT2D eigenvalue weighted by molar-refractivity contribution is 5.77. The van der Waals surface area contributed by atoms with E-state index >= 15 is 0 Å². The lowest BCUT2D eigenvalue weighted by Gasteiger charge is -2.11. The smallest absolute Gasteiger partial charge is 0.205 e. The molecule has 0 atom stereocenters. The Balaban J connectivity index is 2.60. The number of hydrogen-bond donors (Lipinski definition) is 0. The Labute approximate surface area is 110 Å². The van der Waals surface area contributed by atoms with Gasteiger partial charge < -0.3 is 0 Å². The van der Waals surface area contributed by atoms with Crippen molar-refractivity contribution in [3.05, 3.63) is 40.5 Å². The highest BCUT2D eigenvalue weighted by Gasteiger charge is 2.18. The number of hydrogen-bond acceptors (Lipinski definition) is 2. The van der Waals surface area contributed by atoms with E-state index in [1.807, 2.05) is 12.1 Å². The van der Waals surface area contributed by atoms with Crippen LogP contribution in [-0.2, 0) is 6.42 Å². The molecular formula is C15H12F2N2. The minimum Gasteiger partial charge on any atom is -0.205 e. The lowest BCUT2D eigenvalue weighted by atomic mass is 9.93. The molecule has 2 rings (SSSR count). The van der Waals surface area contributed by atoms with Gasteiger partial charge in [0.25, 0.3) is 6.43 Å². The van der Waals surface area contributed by atoms with Crippen LogP contribution >= 0.6 is 0 Å². The first kappa shape index (κ1) is 13.2. The highest BCUT2D eigenvalue weighted by atomic mass is 19.3. The lowest BCUT2D eigenvalue weighted by molar-refractivity contribution is 0.151. The molecule has 0 radical (unpaired) electrons. The average Bonchev–Trinajstić information content (AvgIpc) is 2.62. The fraction of sp³-hybridized carbons (Fsp3) is 0.333. The maximum Gasteiger partial charge on any atom is 0.263 e. The molecule has 1 aliphatic carbocycles. The van der Waals surface area contributed by atoms with Crippen LogP contribution in [0.4, 0.5) is 8.78 Å². The van der Waals surface area contributed by atoms with Gasteiger partial charge in [-0.15, -0.1) is 0 Å². The Morgan fingerprint density at radius 3 is 2.42 bits per heavy atom. The van der Waals surface area contributed by atoms with Crippen LogP contribution in [0.3, 0.4) is 0 Å². The first-order valence-electron chi connectivity index (χ1n) is 6.12.